The Hall–Kier alpha value is -1.25. The second-order valence-corrected chi connectivity index (χ2v) is 2.94. The van der Waals surface area contributed by atoms with Crippen LogP contribution in [0.5, 0.6) is 5.75 Å². The Morgan fingerprint density at radius 2 is 2.31 bits per heavy atom. The van der Waals surface area contributed by atoms with Crippen molar-refractivity contribution < 1.29 is 4.74 Å². The van der Waals surface area contributed by atoms with E-state index in [4.69, 9.17) is 4.74 Å². The summed E-state index contributed by atoms with van der Waals surface area (Å²) in [6.45, 7) is 2.84. The predicted octanol–water partition coefficient (Wildman–Crippen LogP) is 1.94. The number of pyridine rings is 1. The molecule has 0 atom stereocenters. The van der Waals surface area contributed by atoms with Gasteiger partial charge in [-0.1, -0.05) is 19.8 Å². The van der Waals surface area contributed by atoms with Gasteiger partial charge in [0.2, 0.25) is 0 Å². The van der Waals surface area contributed by atoms with Crippen LogP contribution in [0.25, 0.3) is 0 Å². The highest BCUT2D eigenvalue weighted by Crippen LogP contribution is 2.05. The van der Waals surface area contributed by atoms with E-state index in [1.165, 1.54) is 18.9 Å². The number of nitrogens with one attached hydrogen (secondary N) is 1. The number of ether oxygens (including phenoxy) is 1. The summed E-state index contributed by atoms with van der Waals surface area (Å²) in [5, 5.41) is 0. The van der Waals surface area contributed by atoms with Crippen LogP contribution in [0, 0.1) is 0 Å². The second kappa shape index (κ2) is 5.41. The molecule has 1 heterocycles. The summed E-state index contributed by atoms with van der Waals surface area (Å²) in [6, 6.07) is 3.22. The smallest absolute Gasteiger partial charge is 0.251 e. The first-order valence-corrected chi connectivity index (χ1v) is 4.64. The lowest BCUT2D eigenvalue weighted by molar-refractivity contribution is 0.305. The number of rotatable bonds is 5. The van der Waals surface area contributed by atoms with Gasteiger partial charge in [0.25, 0.3) is 5.56 Å². The average molecular weight is 181 g/mol. The second-order valence-electron chi connectivity index (χ2n) is 2.94. The van der Waals surface area contributed by atoms with E-state index in [0.29, 0.717) is 12.4 Å². The van der Waals surface area contributed by atoms with Crippen molar-refractivity contribution in [2.75, 3.05) is 6.61 Å². The van der Waals surface area contributed by atoms with Crippen LogP contribution in [0.15, 0.2) is 23.1 Å². The van der Waals surface area contributed by atoms with Gasteiger partial charge in [0.15, 0.2) is 0 Å². The normalized spacial score (nSPS) is 9.92. The molecule has 0 radical (unpaired) electrons. The van der Waals surface area contributed by atoms with Crippen molar-refractivity contribution in [2.24, 2.45) is 0 Å². The first-order valence-electron chi connectivity index (χ1n) is 4.64. The van der Waals surface area contributed by atoms with E-state index < -0.39 is 0 Å². The van der Waals surface area contributed by atoms with Crippen LogP contribution in [-0.2, 0) is 0 Å². The zero-order chi connectivity index (χ0) is 9.52. The van der Waals surface area contributed by atoms with Crippen LogP contribution < -0.4 is 10.3 Å². The van der Waals surface area contributed by atoms with Crippen molar-refractivity contribution in [2.45, 2.75) is 26.2 Å². The molecule has 0 aliphatic carbocycles. The maximum atomic E-state index is 10.8. The van der Waals surface area contributed by atoms with E-state index in [2.05, 4.69) is 11.9 Å². The first-order chi connectivity index (χ1) is 6.33. The van der Waals surface area contributed by atoms with Crippen LogP contribution in [-0.4, -0.2) is 11.6 Å². The molecule has 13 heavy (non-hydrogen) atoms. The van der Waals surface area contributed by atoms with Gasteiger partial charge in [0.1, 0.15) is 5.75 Å². The van der Waals surface area contributed by atoms with E-state index in [1.54, 1.807) is 12.3 Å². The molecule has 3 heteroatoms. The minimum Gasteiger partial charge on any atom is -0.493 e. The van der Waals surface area contributed by atoms with Gasteiger partial charge < -0.3 is 9.72 Å². The van der Waals surface area contributed by atoms with Gasteiger partial charge in [-0.05, 0) is 12.5 Å². The number of aromatic amines is 1. The van der Waals surface area contributed by atoms with Gasteiger partial charge >= 0.3 is 0 Å². The molecule has 72 valence electrons. The van der Waals surface area contributed by atoms with Crippen molar-refractivity contribution in [3.05, 3.63) is 28.7 Å². The Kier molecular flexibility index (Phi) is 4.09. The molecule has 0 saturated carbocycles. The van der Waals surface area contributed by atoms with Crippen LogP contribution in [0.2, 0.25) is 0 Å². The lowest BCUT2D eigenvalue weighted by Gasteiger charge is -2.03. The summed E-state index contributed by atoms with van der Waals surface area (Å²) < 4.78 is 5.37. The Bertz CT molecular complexity index is 293. The molecule has 1 aromatic rings. The molecule has 0 aliphatic rings. The predicted molar refractivity (Wildman–Crippen MR) is 52.1 cm³/mol. The molecule has 1 aromatic heterocycles. The fourth-order valence-corrected chi connectivity index (χ4v) is 1.06. The van der Waals surface area contributed by atoms with E-state index in [-0.39, 0.29) is 5.56 Å². The molecule has 0 unspecified atom stereocenters. The van der Waals surface area contributed by atoms with Crippen molar-refractivity contribution >= 4 is 0 Å². The number of aromatic nitrogens is 1. The highest BCUT2D eigenvalue weighted by atomic mass is 16.5. The largest absolute Gasteiger partial charge is 0.493 e. The maximum absolute atomic E-state index is 10.8. The summed E-state index contributed by atoms with van der Waals surface area (Å²) in [7, 11) is 0. The summed E-state index contributed by atoms with van der Waals surface area (Å²) in [4.78, 5) is 13.4. The van der Waals surface area contributed by atoms with Gasteiger partial charge in [0.05, 0.1) is 6.61 Å². The summed E-state index contributed by atoms with van der Waals surface area (Å²) in [5.41, 5.74) is -0.118. The number of hydrogen-bond donors (Lipinski definition) is 1. The highest BCUT2D eigenvalue weighted by molar-refractivity contribution is 5.16. The summed E-state index contributed by atoms with van der Waals surface area (Å²) in [6.07, 6.45) is 4.99. The van der Waals surface area contributed by atoms with Crippen molar-refractivity contribution in [3.8, 4) is 5.75 Å². The standard InChI is InChI=1S/C10H15NO2/c1-2-3-4-7-13-9-5-6-11-10(12)8-9/h5-6,8H,2-4,7H2,1H3,(H,11,12). The number of H-pyrrole nitrogens is 1. The maximum Gasteiger partial charge on any atom is 0.251 e. The quantitative estimate of drug-likeness (QED) is 0.705. The van der Waals surface area contributed by atoms with Crippen LogP contribution in [0.4, 0.5) is 0 Å². The van der Waals surface area contributed by atoms with Gasteiger partial charge in [-0.2, -0.15) is 0 Å². The van der Waals surface area contributed by atoms with E-state index in [1.807, 2.05) is 0 Å². The minimum atomic E-state index is -0.118. The Balaban J connectivity index is 2.33. The minimum absolute atomic E-state index is 0.118. The van der Waals surface area contributed by atoms with Gasteiger partial charge in [-0.3, -0.25) is 4.79 Å². The van der Waals surface area contributed by atoms with Gasteiger partial charge in [-0.25, -0.2) is 0 Å². The molecule has 3 nitrogen and oxygen atoms in total. The molecule has 0 aromatic carbocycles. The van der Waals surface area contributed by atoms with Crippen molar-refractivity contribution in [1.29, 1.82) is 0 Å². The lowest BCUT2D eigenvalue weighted by Crippen LogP contribution is -2.05. The van der Waals surface area contributed by atoms with E-state index in [9.17, 15) is 4.79 Å². The van der Waals surface area contributed by atoms with Crippen LogP contribution in [0.1, 0.15) is 26.2 Å². The molecule has 0 amide bonds. The summed E-state index contributed by atoms with van der Waals surface area (Å²) in [5.74, 6) is 0.653. The van der Waals surface area contributed by atoms with Crippen molar-refractivity contribution in [3.63, 3.8) is 0 Å². The molecular weight excluding hydrogens is 166 g/mol. The molecule has 1 rings (SSSR count). The van der Waals surface area contributed by atoms with E-state index in [0.717, 1.165) is 6.42 Å². The number of hydrogen-bond acceptors (Lipinski definition) is 2. The molecule has 0 saturated heterocycles. The summed E-state index contributed by atoms with van der Waals surface area (Å²) >= 11 is 0. The van der Waals surface area contributed by atoms with Gasteiger partial charge in [0, 0.05) is 12.3 Å². The Morgan fingerprint density at radius 1 is 1.46 bits per heavy atom. The highest BCUT2D eigenvalue weighted by Gasteiger charge is 1.93. The third-order valence-corrected chi connectivity index (χ3v) is 1.76. The average Bonchev–Trinajstić information content (AvgIpc) is 2.13. The zero-order valence-corrected chi connectivity index (χ0v) is 7.88. The molecule has 1 N–H and O–H groups in total. The molecule has 0 fully saturated rings. The Morgan fingerprint density at radius 3 is 3.00 bits per heavy atom. The lowest BCUT2D eigenvalue weighted by atomic mass is 10.3. The molecule has 0 spiro atoms. The third kappa shape index (κ3) is 3.78. The third-order valence-electron chi connectivity index (χ3n) is 1.76. The topological polar surface area (TPSA) is 42.1 Å². The monoisotopic (exact) mass is 181 g/mol. The molecule has 0 bridgehead atoms. The van der Waals surface area contributed by atoms with Gasteiger partial charge in [-0.15, -0.1) is 0 Å². The zero-order valence-electron chi connectivity index (χ0n) is 7.88. The fourth-order valence-electron chi connectivity index (χ4n) is 1.06. The van der Waals surface area contributed by atoms with Crippen molar-refractivity contribution in [1.82, 2.24) is 4.98 Å². The Labute approximate surface area is 77.8 Å². The molecular formula is C10H15NO2. The van der Waals surface area contributed by atoms with Crippen LogP contribution in [0.3, 0.4) is 0 Å². The number of unbranched alkanes of at least 4 members (excludes halogenated alkanes) is 2. The van der Waals surface area contributed by atoms with Crippen LogP contribution >= 0.6 is 0 Å². The first kappa shape index (κ1) is 9.84. The fraction of sp³-hybridized carbons (Fsp3) is 0.500. The molecule has 0 aliphatic heterocycles. The van der Waals surface area contributed by atoms with E-state index >= 15 is 0 Å². The SMILES string of the molecule is CCCCCOc1cc[nH]c(=O)c1.